The van der Waals surface area contributed by atoms with Crippen molar-refractivity contribution in [3.63, 3.8) is 0 Å². The second kappa shape index (κ2) is 7.57. The Hall–Kier alpha value is -1.91. The SMILES string of the molecule is Cc1ccc(C(=O)OCC(=O)N[C@@H]2CCC[C@@H](C)[C@@H]2C)cc1F. The van der Waals surface area contributed by atoms with Gasteiger partial charge in [0, 0.05) is 6.04 Å². The molecule has 5 heteroatoms. The fourth-order valence-electron chi connectivity index (χ4n) is 2.97. The summed E-state index contributed by atoms with van der Waals surface area (Å²) >= 11 is 0. The molecule has 0 heterocycles. The number of halogens is 1. The first-order valence-corrected chi connectivity index (χ1v) is 8.11. The summed E-state index contributed by atoms with van der Waals surface area (Å²) in [6, 6.07) is 4.25. The average Bonchev–Trinajstić information content (AvgIpc) is 2.52. The number of aryl methyl sites for hydroxylation is 1. The van der Waals surface area contributed by atoms with Crippen molar-refractivity contribution in [2.45, 2.75) is 46.1 Å². The number of esters is 1. The van der Waals surface area contributed by atoms with Crippen LogP contribution < -0.4 is 5.32 Å². The van der Waals surface area contributed by atoms with Crippen molar-refractivity contribution in [3.8, 4) is 0 Å². The van der Waals surface area contributed by atoms with Crippen molar-refractivity contribution in [1.29, 1.82) is 0 Å². The zero-order valence-corrected chi connectivity index (χ0v) is 13.9. The van der Waals surface area contributed by atoms with Crippen LogP contribution in [0.25, 0.3) is 0 Å². The second-order valence-corrected chi connectivity index (χ2v) is 6.48. The Balaban J connectivity index is 1.84. The van der Waals surface area contributed by atoms with E-state index in [-0.39, 0.29) is 24.1 Å². The third-order valence-electron chi connectivity index (χ3n) is 4.80. The molecule has 23 heavy (non-hydrogen) atoms. The number of rotatable bonds is 4. The molecule has 1 aliphatic rings. The molecule has 1 saturated carbocycles. The van der Waals surface area contributed by atoms with E-state index in [1.165, 1.54) is 18.6 Å². The highest BCUT2D eigenvalue weighted by molar-refractivity contribution is 5.91. The fraction of sp³-hybridized carbons (Fsp3) is 0.556. The summed E-state index contributed by atoms with van der Waals surface area (Å²) in [5, 5.41) is 2.94. The van der Waals surface area contributed by atoms with E-state index >= 15 is 0 Å². The molecule has 0 bridgehead atoms. The van der Waals surface area contributed by atoms with Crippen LogP contribution in [0, 0.1) is 24.6 Å². The van der Waals surface area contributed by atoms with Gasteiger partial charge in [-0.25, -0.2) is 9.18 Å². The molecule has 1 aromatic carbocycles. The van der Waals surface area contributed by atoms with E-state index in [4.69, 9.17) is 4.74 Å². The van der Waals surface area contributed by atoms with Crippen molar-refractivity contribution >= 4 is 11.9 Å². The van der Waals surface area contributed by atoms with E-state index in [1.54, 1.807) is 6.92 Å². The van der Waals surface area contributed by atoms with Crippen LogP contribution in [0.2, 0.25) is 0 Å². The molecule has 0 aromatic heterocycles. The van der Waals surface area contributed by atoms with Crippen LogP contribution in [0.4, 0.5) is 4.39 Å². The highest BCUT2D eigenvalue weighted by atomic mass is 19.1. The van der Waals surface area contributed by atoms with Crippen molar-refractivity contribution in [3.05, 3.63) is 35.1 Å². The molecule has 0 spiro atoms. The zero-order valence-electron chi connectivity index (χ0n) is 13.9. The molecule has 1 N–H and O–H groups in total. The molecule has 126 valence electrons. The number of hydrogen-bond acceptors (Lipinski definition) is 3. The molecule has 1 aliphatic carbocycles. The van der Waals surface area contributed by atoms with Crippen LogP contribution in [0.5, 0.6) is 0 Å². The lowest BCUT2D eigenvalue weighted by molar-refractivity contribution is -0.125. The molecule has 0 saturated heterocycles. The average molecular weight is 321 g/mol. The van der Waals surface area contributed by atoms with E-state index in [1.807, 2.05) is 0 Å². The van der Waals surface area contributed by atoms with Gasteiger partial charge in [-0.05, 0) is 42.9 Å². The number of ether oxygens (including phenoxy) is 1. The normalized spacial score (nSPS) is 24.1. The first kappa shape index (κ1) is 17.4. The second-order valence-electron chi connectivity index (χ2n) is 6.48. The number of hydrogen-bond donors (Lipinski definition) is 1. The third-order valence-corrected chi connectivity index (χ3v) is 4.80. The first-order valence-electron chi connectivity index (χ1n) is 8.11. The van der Waals surface area contributed by atoms with Gasteiger partial charge >= 0.3 is 5.97 Å². The smallest absolute Gasteiger partial charge is 0.338 e. The van der Waals surface area contributed by atoms with Crippen molar-refractivity contribution in [1.82, 2.24) is 5.32 Å². The van der Waals surface area contributed by atoms with E-state index in [0.29, 0.717) is 17.4 Å². The molecular weight excluding hydrogens is 297 g/mol. The monoisotopic (exact) mass is 321 g/mol. The van der Waals surface area contributed by atoms with Crippen molar-refractivity contribution in [2.24, 2.45) is 11.8 Å². The predicted octanol–water partition coefficient (Wildman–Crippen LogP) is 3.23. The lowest BCUT2D eigenvalue weighted by Crippen LogP contribution is -2.45. The first-order chi connectivity index (χ1) is 10.9. The largest absolute Gasteiger partial charge is 0.452 e. The van der Waals surface area contributed by atoms with Crippen molar-refractivity contribution < 1.29 is 18.7 Å². The van der Waals surface area contributed by atoms with Crippen LogP contribution >= 0.6 is 0 Å². The fourth-order valence-corrected chi connectivity index (χ4v) is 2.97. The molecule has 4 nitrogen and oxygen atoms in total. The molecular formula is C18H24FNO3. The van der Waals surface area contributed by atoms with Gasteiger partial charge in [-0.1, -0.05) is 32.8 Å². The number of carbonyl (C=O) groups is 2. The van der Waals surface area contributed by atoms with Crippen LogP contribution in [0.1, 0.15) is 49.0 Å². The predicted molar refractivity (Wildman–Crippen MR) is 85.5 cm³/mol. The third kappa shape index (κ3) is 4.53. The Bertz CT molecular complexity index is 588. The van der Waals surface area contributed by atoms with Crippen LogP contribution in [0.3, 0.4) is 0 Å². The Morgan fingerprint density at radius 3 is 2.74 bits per heavy atom. The highest BCUT2D eigenvalue weighted by Crippen LogP contribution is 2.29. The van der Waals surface area contributed by atoms with E-state index in [9.17, 15) is 14.0 Å². The van der Waals surface area contributed by atoms with Crippen LogP contribution in [-0.2, 0) is 9.53 Å². The van der Waals surface area contributed by atoms with Gasteiger partial charge in [0.2, 0.25) is 0 Å². The molecule has 1 amide bonds. The van der Waals surface area contributed by atoms with Gasteiger partial charge in [0.05, 0.1) is 5.56 Å². The lowest BCUT2D eigenvalue weighted by atomic mass is 9.78. The summed E-state index contributed by atoms with van der Waals surface area (Å²) < 4.78 is 18.4. The molecule has 0 radical (unpaired) electrons. The molecule has 0 unspecified atom stereocenters. The Morgan fingerprint density at radius 2 is 2.04 bits per heavy atom. The van der Waals surface area contributed by atoms with Gasteiger partial charge in [0.25, 0.3) is 5.91 Å². The summed E-state index contributed by atoms with van der Waals surface area (Å²) in [6.07, 6.45) is 3.23. The molecule has 0 aliphatic heterocycles. The standard InChI is InChI=1S/C18H24FNO3/c1-11-5-4-6-16(13(11)3)20-17(21)10-23-18(22)14-8-7-12(2)15(19)9-14/h7-9,11,13,16H,4-6,10H2,1-3H3,(H,20,21)/t11-,13+,16-/m1/s1. The van der Waals surface area contributed by atoms with Gasteiger partial charge in [0.15, 0.2) is 6.61 Å². The van der Waals surface area contributed by atoms with Gasteiger partial charge < -0.3 is 10.1 Å². The van der Waals surface area contributed by atoms with Crippen LogP contribution in [-0.4, -0.2) is 24.5 Å². The summed E-state index contributed by atoms with van der Waals surface area (Å²) in [7, 11) is 0. The van der Waals surface area contributed by atoms with E-state index < -0.39 is 11.8 Å². The minimum absolute atomic E-state index is 0.112. The number of nitrogens with one attached hydrogen (secondary N) is 1. The Kier molecular flexibility index (Phi) is 5.74. The Labute approximate surface area is 136 Å². The van der Waals surface area contributed by atoms with E-state index in [0.717, 1.165) is 18.9 Å². The summed E-state index contributed by atoms with van der Waals surface area (Å²) in [6.45, 7) is 5.60. The summed E-state index contributed by atoms with van der Waals surface area (Å²) in [5.74, 6) is -0.475. The maximum atomic E-state index is 13.4. The minimum Gasteiger partial charge on any atom is -0.452 e. The maximum absolute atomic E-state index is 13.4. The number of benzene rings is 1. The summed E-state index contributed by atoms with van der Waals surface area (Å²) in [4.78, 5) is 23.8. The van der Waals surface area contributed by atoms with Gasteiger partial charge in [0.1, 0.15) is 5.82 Å². The van der Waals surface area contributed by atoms with Gasteiger partial charge in [-0.15, -0.1) is 0 Å². The number of carbonyl (C=O) groups excluding carboxylic acids is 2. The van der Waals surface area contributed by atoms with Gasteiger partial charge in [-0.2, -0.15) is 0 Å². The maximum Gasteiger partial charge on any atom is 0.338 e. The molecule has 2 rings (SSSR count). The summed E-state index contributed by atoms with van der Waals surface area (Å²) in [5.41, 5.74) is 0.570. The number of amides is 1. The molecule has 3 atom stereocenters. The van der Waals surface area contributed by atoms with Crippen molar-refractivity contribution in [2.75, 3.05) is 6.61 Å². The van der Waals surface area contributed by atoms with Crippen LogP contribution in [0.15, 0.2) is 18.2 Å². The van der Waals surface area contributed by atoms with E-state index in [2.05, 4.69) is 19.2 Å². The zero-order chi connectivity index (χ0) is 17.0. The lowest BCUT2D eigenvalue weighted by Gasteiger charge is -2.34. The Morgan fingerprint density at radius 1 is 1.30 bits per heavy atom. The minimum atomic E-state index is -0.691. The topological polar surface area (TPSA) is 55.4 Å². The highest BCUT2D eigenvalue weighted by Gasteiger charge is 2.28. The molecule has 1 aromatic rings. The quantitative estimate of drug-likeness (QED) is 0.866. The molecule has 1 fully saturated rings. The van der Waals surface area contributed by atoms with Gasteiger partial charge in [-0.3, -0.25) is 4.79 Å².